The summed E-state index contributed by atoms with van der Waals surface area (Å²) in [4.78, 5) is 30.3. The Morgan fingerprint density at radius 1 is 1.25 bits per heavy atom. The van der Waals surface area contributed by atoms with E-state index in [9.17, 15) is 14.9 Å². The van der Waals surface area contributed by atoms with E-state index in [1.54, 1.807) is 18.3 Å². The van der Waals surface area contributed by atoms with E-state index in [0.717, 1.165) is 11.1 Å². The fourth-order valence-electron chi connectivity index (χ4n) is 4.52. The van der Waals surface area contributed by atoms with Crippen LogP contribution in [0.5, 0.6) is 0 Å². The van der Waals surface area contributed by atoms with E-state index in [2.05, 4.69) is 16.5 Å². The van der Waals surface area contributed by atoms with Gasteiger partial charge in [0, 0.05) is 24.4 Å². The molecule has 0 radical (unpaired) electrons. The molecule has 2 aliphatic rings. The molecule has 7 heteroatoms. The molecule has 2 aromatic rings. The molecule has 0 saturated carbocycles. The van der Waals surface area contributed by atoms with Crippen LogP contribution >= 0.6 is 0 Å². The Morgan fingerprint density at radius 2 is 2.00 bits per heavy atom. The van der Waals surface area contributed by atoms with Crippen molar-refractivity contribution in [2.75, 3.05) is 0 Å². The van der Waals surface area contributed by atoms with E-state index in [1.807, 2.05) is 45.0 Å². The lowest BCUT2D eigenvalue weighted by molar-refractivity contribution is -0.118. The summed E-state index contributed by atoms with van der Waals surface area (Å²) in [6, 6.07) is 13.2. The number of nitrogens with zero attached hydrogens (tertiary/aromatic N) is 3. The van der Waals surface area contributed by atoms with Gasteiger partial charge in [-0.3, -0.25) is 20.0 Å². The number of aryl methyl sites for hydroxylation is 1. The van der Waals surface area contributed by atoms with Crippen molar-refractivity contribution in [1.82, 2.24) is 15.4 Å². The molecular formula is C25H25N5O2. The lowest BCUT2D eigenvalue weighted by Crippen LogP contribution is -2.49. The monoisotopic (exact) mass is 427 g/mol. The molecular weight excluding hydrogens is 402 g/mol. The van der Waals surface area contributed by atoms with Crippen molar-refractivity contribution in [2.24, 2.45) is 11.1 Å². The number of hydrogen-bond donors (Lipinski definition) is 2. The largest absolute Gasteiger partial charge is 0.383 e. The molecule has 1 aromatic carbocycles. The number of benzene rings is 1. The van der Waals surface area contributed by atoms with Crippen LogP contribution in [0.2, 0.25) is 0 Å². The fraction of sp³-hybridized carbons (Fsp3) is 0.280. The number of nitrogens with one attached hydrogen (secondary N) is 1. The Hall–Kier alpha value is -3.92. The lowest BCUT2D eigenvalue weighted by atomic mass is 9.68. The SMILES string of the molecule is Cc1ccccc1C1C(C#N)=C(N)N(NC(=O)c2cccnc2)C2=C1C(=O)CC(C)(C)C2. The number of allylic oxidation sites excluding steroid dienone is 3. The van der Waals surface area contributed by atoms with Crippen LogP contribution in [0.3, 0.4) is 0 Å². The minimum atomic E-state index is -0.564. The van der Waals surface area contributed by atoms with Crippen molar-refractivity contribution in [3.05, 3.63) is 88.1 Å². The number of hydrogen-bond acceptors (Lipinski definition) is 6. The minimum absolute atomic E-state index is 0.0367. The van der Waals surface area contributed by atoms with Crippen LogP contribution in [0, 0.1) is 23.7 Å². The van der Waals surface area contributed by atoms with Crippen LogP contribution in [-0.2, 0) is 4.79 Å². The van der Waals surface area contributed by atoms with Gasteiger partial charge in [-0.25, -0.2) is 5.01 Å². The summed E-state index contributed by atoms with van der Waals surface area (Å²) in [7, 11) is 0. The molecule has 1 aliphatic heterocycles. The summed E-state index contributed by atoms with van der Waals surface area (Å²) in [5.74, 6) is -0.894. The number of nitriles is 1. The molecule has 2 heterocycles. The van der Waals surface area contributed by atoms with Gasteiger partial charge in [-0.2, -0.15) is 5.26 Å². The molecule has 1 aliphatic carbocycles. The van der Waals surface area contributed by atoms with E-state index < -0.39 is 11.8 Å². The molecule has 0 spiro atoms. The highest BCUT2D eigenvalue weighted by Gasteiger charge is 2.45. The summed E-state index contributed by atoms with van der Waals surface area (Å²) >= 11 is 0. The zero-order valence-electron chi connectivity index (χ0n) is 18.3. The van der Waals surface area contributed by atoms with Crippen LogP contribution < -0.4 is 11.2 Å². The highest BCUT2D eigenvalue weighted by molar-refractivity contribution is 6.01. The van der Waals surface area contributed by atoms with Crippen LogP contribution in [-0.4, -0.2) is 21.7 Å². The number of ketones is 1. The van der Waals surface area contributed by atoms with Crippen LogP contribution in [0.4, 0.5) is 0 Å². The van der Waals surface area contributed by atoms with E-state index in [1.165, 1.54) is 11.2 Å². The maximum Gasteiger partial charge on any atom is 0.271 e. The Labute approximate surface area is 187 Å². The highest BCUT2D eigenvalue weighted by Crippen LogP contribution is 2.48. The topological polar surface area (TPSA) is 112 Å². The summed E-state index contributed by atoms with van der Waals surface area (Å²) in [6.45, 7) is 5.98. The van der Waals surface area contributed by atoms with Crippen LogP contribution in [0.1, 0.15) is 54.1 Å². The van der Waals surface area contributed by atoms with Gasteiger partial charge in [0.2, 0.25) is 0 Å². The number of hydrazine groups is 1. The van der Waals surface area contributed by atoms with Crippen LogP contribution in [0.25, 0.3) is 0 Å². The molecule has 162 valence electrons. The zero-order valence-corrected chi connectivity index (χ0v) is 18.3. The van der Waals surface area contributed by atoms with Crippen molar-refractivity contribution in [3.8, 4) is 6.07 Å². The second kappa shape index (κ2) is 7.97. The van der Waals surface area contributed by atoms with Crippen molar-refractivity contribution in [3.63, 3.8) is 0 Å². The molecule has 32 heavy (non-hydrogen) atoms. The first-order chi connectivity index (χ1) is 15.2. The normalized spacial score (nSPS) is 20.0. The first kappa shape index (κ1) is 21.3. The molecule has 4 rings (SSSR count). The maximum atomic E-state index is 13.4. The van der Waals surface area contributed by atoms with Crippen molar-refractivity contribution < 1.29 is 9.59 Å². The smallest absolute Gasteiger partial charge is 0.271 e. The fourth-order valence-corrected chi connectivity index (χ4v) is 4.52. The van der Waals surface area contributed by atoms with Gasteiger partial charge >= 0.3 is 0 Å². The molecule has 1 unspecified atom stereocenters. The molecule has 0 bridgehead atoms. The Morgan fingerprint density at radius 3 is 2.66 bits per heavy atom. The first-order valence-electron chi connectivity index (χ1n) is 10.5. The number of carbonyl (C=O) groups excluding carboxylic acids is 2. The molecule has 7 nitrogen and oxygen atoms in total. The van der Waals surface area contributed by atoms with Gasteiger partial charge in [0.25, 0.3) is 5.91 Å². The Balaban J connectivity index is 1.89. The summed E-state index contributed by atoms with van der Waals surface area (Å²) in [6.07, 6.45) is 3.92. The lowest BCUT2D eigenvalue weighted by Gasteiger charge is -2.43. The Kier molecular flexibility index (Phi) is 5.31. The van der Waals surface area contributed by atoms with Gasteiger partial charge in [0.1, 0.15) is 5.82 Å². The first-order valence-corrected chi connectivity index (χ1v) is 10.5. The van der Waals surface area contributed by atoms with E-state index in [-0.39, 0.29) is 22.6 Å². The number of rotatable bonds is 3. The van der Waals surface area contributed by atoms with Gasteiger partial charge in [-0.15, -0.1) is 0 Å². The number of Topliss-reactive ketones (excluding diaryl/α,β-unsaturated/α-hetero) is 1. The third kappa shape index (κ3) is 3.65. The molecule has 1 amide bonds. The van der Waals surface area contributed by atoms with Crippen molar-refractivity contribution in [2.45, 2.75) is 39.5 Å². The van der Waals surface area contributed by atoms with Crippen LogP contribution in [0.15, 0.2) is 71.5 Å². The molecule has 1 aromatic heterocycles. The maximum absolute atomic E-state index is 13.4. The number of amides is 1. The zero-order chi connectivity index (χ0) is 23.0. The second-order valence-electron chi connectivity index (χ2n) is 9.02. The number of aromatic nitrogens is 1. The quantitative estimate of drug-likeness (QED) is 0.776. The summed E-state index contributed by atoms with van der Waals surface area (Å²) < 4.78 is 0. The molecule has 3 N–H and O–H groups in total. The van der Waals surface area contributed by atoms with Gasteiger partial charge in [0.05, 0.1) is 28.8 Å². The van der Waals surface area contributed by atoms with Gasteiger partial charge in [-0.1, -0.05) is 38.1 Å². The minimum Gasteiger partial charge on any atom is -0.383 e. The van der Waals surface area contributed by atoms with Gasteiger partial charge in [-0.05, 0) is 42.0 Å². The molecule has 0 saturated heterocycles. The predicted octanol–water partition coefficient (Wildman–Crippen LogP) is 3.47. The average Bonchev–Trinajstić information content (AvgIpc) is 2.75. The summed E-state index contributed by atoms with van der Waals surface area (Å²) in [5, 5.41) is 11.5. The third-order valence-corrected chi connectivity index (χ3v) is 6.02. The summed E-state index contributed by atoms with van der Waals surface area (Å²) in [5.41, 5.74) is 12.6. The predicted molar refractivity (Wildman–Crippen MR) is 119 cm³/mol. The van der Waals surface area contributed by atoms with E-state index in [0.29, 0.717) is 29.7 Å². The highest BCUT2D eigenvalue weighted by atomic mass is 16.2. The van der Waals surface area contributed by atoms with Gasteiger partial charge < -0.3 is 5.73 Å². The average molecular weight is 428 g/mol. The van der Waals surface area contributed by atoms with E-state index >= 15 is 0 Å². The van der Waals surface area contributed by atoms with Gasteiger partial charge in [0.15, 0.2) is 5.78 Å². The van der Waals surface area contributed by atoms with Crippen molar-refractivity contribution >= 4 is 11.7 Å². The Bertz CT molecular complexity index is 1200. The third-order valence-electron chi connectivity index (χ3n) is 6.02. The second-order valence-corrected chi connectivity index (χ2v) is 9.02. The number of pyridine rings is 1. The van der Waals surface area contributed by atoms with E-state index in [4.69, 9.17) is 5.73 Å². The number of nitrogens with two attached hydrogens (primary N) is 1. The number of carbonyl (C=O) groups is 2. The molecule has 0 fully saturated rings. The van der Waals surface area contributed by atoms with Crippen molar-refractivity contribution in [1.29, 1.82) is 5.26 Å². The molecule has 1 atom stereocenters. The standard InChI is InChI=1S/C25H25N5O2/c1-15-7-4-5-9-17(15)21-18(13-26)23(27)30(29-24(32)16-8-6-10-28-14-16)19-11-25(2,3)12-20(31)22(19)21/h4-10,14,21H,11-12,27H2,1-3H3,(H,29,32).